The molecule has 2 aromatic carbocycles. The van der Waals surface area contributed by atoms with Crippen molar-refractivity contribution < 1.29 is 27.5 Å². The Balaban J connectivity index is 2.08. The highest BCUT2D eigenvalue weighted by Gasteiger charge is 2.19. The Kier molecular flexibility index (Phi) is 7.22. The molecule has 2 aromatic rings. The first kappa shape index (κ1) is 22.2. The van der Waals surface area contributed by atoms with Gasteiger partial charge in [0.15, 0.2) is 15.6 Å². The Hall–Kier alpha value is -3.07. The van der Waals surface area contributed by atoms with Crippen molar-refractivity contribution in [2.45, 2.75) is 18.7 Å². The van der Waals surface area contributed by atoms with Gasteiger partial charge in [0, 0.05) is 11.9 Å². The summed E-state index contributed by atoms with van der Waals surface area (Å²) in [4.78, 5) is 24.0. The first-order valence-corrected chi connectivity index (χ1v) is 10.7. The SMILES string of the molecule is CCOC(=O)c1ccc(NC(=O)CNc2cc(C)cc(S(C)(=O)=O)c2OC)cc1. The number of hydrogen-bond donors (Lipinski definition) is 2. The number of aryl methyl sites for hydroxylation is 1. The summed E-state index contributed by atoms with van der Waals surface area (Å²) in [6.45, 7) is 3.65. The second-order valence-corrected chi connectivity index (χ2v) is 8.30. The average Bonchev–Trinajstić information content (AvgIpc) is 2.66. The molecule has 0 heterocycles. The van der Waals surface area contributed by atoms with Crippen LogP contribution < -0.4 is 15.4 Å². The highest BCUT2D eigenvalue weighted by atomic mass is 32.2. The molecule has 0 saturated heterocycles. The van der Waals surface area contributed by atoms with Crippen LogP contribution in [0.1, 0.15) is 22.8 Å². The van der Waals surface area contributed by atoms with E-state index < -0.39 is 15.8 Å². The molecule has 1 amide bonds. The fourth-order valence-corrected chi connectivity index (χ4v) is 3.57. The minimum absolute atomic E-state index is 0.0532. The Bertz CT molecular complexity index is 1000. The highest BCUT2D eigenvalue weighted by Crippen LogP contribution is 2.33. The third-order valence-electron chi connectivity index (χ3n) is 3.92. The molecule has 9 heteroatoms. The molecule has 0 fully saturated rings. The summed E-state index contributed by atoms with van der Waals surface area (Å²) >= 11 is 0. The lowest BCUT2D eigenvalue weighted by Gasteiger charge is -2.15. The van der Waals surface area contributed by atoms with Crippen LogP contribution in [0.5, 0.6) is 5.75 Å². The second-order valence-electron chi connectivity index (χ2n) is 6.32. The van der Waals surface area contributed by atoms with Crippen molar-refractivity contribution in [3.05, 3.63) is 47.5 Å². The highest BCUT2D eigenvalue weighted by molar-refractivity contribution is 7.90. The first-order chi connectivity index (χ1) is 13.7. The van der Waals surface area contributed by atoms with Crippen LogP contribution in [0.25, 0.3) is 0 Å². The average molecular weight is 420 g/mol. The van der Waals surface area contributed by atoms with Gasteiger partial charge in [-0.05, 0) is 55.8 Å². The molecule has 29 heavy (non-hydrogen) atoms. The lowest BCUT2D eigenvalue weighted by molar-refractivity contribution is -0.114. The number of rotatable bonds is 8. The van der Waals surface area contributed by atoms with Crippen molar-refractivity contribution in [3.63, 3.8) is 0 Å². The van der Waals surface area contributed by atoms with Crippen LogP contribution in [0.15, 0.2) is 41.3 Å². The number of esters is 1. The van der Waals surface area contributed by atoms with E-state index in [-0.39, 0.29) is 29.7 Å². The number of sulfone groups is 1. The molecule has 156 valence electrons. The number of nitrogens with one attached hydrogen (secondary N) is 2. The summed E-state index contributed by atoms with van der Waals surface area (Å²) in [6, 6.07) is 9.53. The predicted molar refractivity (Wildman–Crippen MR) is 110 cm³/mol. The molecule has 0 atom stereocenters. The van der Waals surface area contributed by atoms with Gasteiger partial charge in [-0.3, -0.25) is 4.79 Å². The van der Waals surface area contributed by atoms with E-state index in [2.05, 4.69) is 10.6 Å². The van der Waals surface area contributed by atoms with E-state index in [1.54, 1.807) is 44.2 Å². The fourth-order valence-electron chi connectivity index (χ4n) is 2.64. The number of anilines is 2. The molecule has 2 N–H and O–H groups in total. The summed E-state index contributed by atoms with van der Waals surface area (Å²) < 4.78 is 34.1. The zero-order chi connectivity index (χ0) is 21.6. The number of ether oxygens (including phenoxy) is 2. The molecule has 0 spiro atoms. The number of benzene rings is 2. The van der Waals surface area contributed by atoms with E-state index in [0.29, 0.717) is 22.5 Å². The van der Waals surface area contributed by atoms with Gasteiger partial charge in [-0.25, -0.2) is 13.2 Å². The molecule has 2 rings (SSSR count). The minimum atomic E-state index is -3.50. The largest absolute Gasteiger partial charge is 0.493 e. The monoisotopic (exact) mass is 420 g/mol. The van der Waals surface area contributed by atoms with Gasteiger partial charge < -0.3 is 20.1 Å². The van der Waals surface area contributed by atoms with Gasteiger partial charge in [-0.2, -0.15) is 0 Å². The van der Waals surface area contributed by atoms with Crippen LogP contribution in [0.2, 0.25) is 0 Å². The third-order valence-corrected chi connectivity index (χ3v) is 5.02. The summed E-state index contributed by atoms with van der Waals surface area (Å²) in [6.07, 6.45) is 1.10. The molecule has 0 saturated carbocycles. The molecule has 0 aromatic heterocycles. The molecule has 8 nitrogen and oxygen atoms in total. The quantitative estimate of drug-likeness (QED) is 0.632. The Morgan fingerprint density at radius 2 is 1.76 bits per heavy atom. The normalized spacial score (nSPS) is 10.9. The van der Waals surface area contributed by atoms with Crippen molar-refractivity contribution in [2.24, 2.45) is 0 Å². The van der Waals surface area contributed by atoms with E-state index in [9.17, 15) is 18.0 Å². The maximum absolute atomic E-state index is 12.2. The van der Waals surface area contributed by atoms with E-state index in [4.69, 9.17) is 9.47 Å². The lowest BCUT2D eigenvalue weighted by Crippen LogP contribution is -2.22. The van der Waals surface area contributed by atoms with Crippen molar-refractivity contribution >= 4 is 33.1 Å². The van der Waals surface area contributed by atoms with E-state index in [0.717, 1.165) is 6.26 Å². The molecular formula is C20H24N2O6S. The Morgan fingerprint density at radius 3 is 2.31 bits per heavy atom. The Morgan fingerprint density at radius 1 is 1.10 bits per heavy atom. The molecule has 0 aliphatic carbocycles. The summed E-state index contributed by atoms with van der Waals surface area (Å²) in [5.74, 6) is -0.622. The number of hydrogen-bond acceptors (Lipinski definition) is 7. The van der Waals surface area contributed by atoms with Crippen molar-refractivity contribution in [1.29, 1.82) is 0 Å². The van der Waals surface area contributed by atoms with Crippen LogP contribution in [0.4, 0.5) is 11.4 Å². The number of carbonyl (C=O) groups excluding carboxylic acids is 2. The van der Waals surface area contributed by atoms with Gasteiger partial charge >= 0.3 is 5.97 Å². The van der Waals surface area contributed by atoms with E-state index in [1.165, 1.54) is 13.2 Å². The van der Waals surface area contributed by atoms with Crippen LogP contribution >= 0.6 is 0 Å². The Labute approximate surface area is 170 Å². The molecular weight excluding hydrogens is 396 g/mol. The maximum Gasteiger partial charge on any atom is 0.338 e. The van der Waals surface area contributed by atoms with Crippen LogP contribution in [0.3, 0.4) is 0 Å². The van der Waals surface area contributed by atoms with Gasteiger partial charge in [0.1, 0.15) is 4.90 Å². The van der Waals surface area contributed by atoms with E-state index in [1.807, 2.05) is 0 Å². The van der Waals surface area contributed by atoms with Gasteiger partial charge in [0.05, 0.1) is 31.5 Å². The van der Waals surface area contributed by atoms with Crippen molar-refractivity contribution in [3.8, 4) is 5.75 Å². The van der Waals surface area contributed by atoms with Crippen molar-refractivity contribution in [2.75, 3.05) is 37.2 Å². The van der Waals surface area contributed by atoms with Gasteiger partial charge in [0.25, 0.3) is 0 Å². The molecule has 0 radical (unpaired) electrons. The van der Waals surface area contributed by atoms with Gasteiger partial charge in [0.2, 0.25) is 5.91 Å². The lowest BCUT2D eigenvalue weighted by atomic mass is 10.2. The summed E-state index contributed by atoms with van der Waals surface area (Å²) in [5, 5.41) is 5.60. The zero-order valence-electron chi connectivity index (χ0n) is 16.7. The maximum atomic E-state index is 12.2. The molecule has 0 bridgehead atoms. The first-order valence-electron chi connectivity index (χ1n) is 8.85. The predicted octanol–water partition coefficient (Wildman–Crippen LogP) is 2.63. The van der Waals surface area contributed by atoms with E-state index >= 15 is 0 Å². The third kappa shape index (κ3) is 5.95. The zero-order valence-corrected chi connectivity index (χ0v) is 17.6. The minimum Gasteiger partial charge on any atom is -0.493 e. The number of amides is 1. The molecule has 0 aliphatic rings. The fraction of sp³-hybridized carbons (Fsp3) is 0.300. The summed E-state index contributed by atoms with van der Waals surface area (Å²) in [5.41, 5.74) is 2.02. The summed E-state index contributed by atoms with van der Waals surface area (Å²) in [7, 11) is -2.13. The van der Waals surface area contributed by atoms with Crippen LogP contribution in [0, 0.1) is 6.92 Å². The van der Waals surface area contributed by atoms with Gasteiger partial charge in [-0.1, -0.05) is 0 Å². The second kappa shape index (κ2) is 9.42. The van der Waals surface area contributed by atoms with Crippen LogP contribution in [-0.4, -0.2) is 46.8 Å². The smallest absolute Gasteiger partial charge is 0.338 e. The topological polar surface area (TPSA) is 111 Å². The van der Waals surface area contributed by atoms with Gasteiger partial charge in [-0.15, -0.1) is 0 Å². The number of methoxy groups -OCH3 is 1. The number of carbonyl (C=O) groups is 2. The molecule has 0 unspecified atom stereocenters. The van der Waals surface area contributed by atoms with Crippen LogP contribution in [-0.2, 0) is 19.4 Å². The molecule has 0 aliphatic heterocycles. The van der Waals surface area contributed by atoms with Crippen molar-refractivity contribution in [1.82, 2.24) is 0 Å². The standard InChI is InChI=1S/C20H24N2O6S/c1-5-28-20(24)14-6-8-15(9-7-14)22-18(23)12-21-16-10-13(2)11-17(19(16)27-3)29(4,25)26/h6-11,21H,5,12H2,1-4H3,(H,22,23).